The Balaban J connectivity index is 0.00000225. The molecule has 0 aliphatic heterocycles. The fourth-order valence-electron chi connectivity index (χ4n) is 1.08. The first kappa shape index (κ1) is 14.1. The van der Waals surface area contributed by atoms with Crippen LogP contribution in [0.25, 0.3) is 0 Å². The maximum atomic E-state index is 13.1. The quantitative estimate of drug-likeness (QED) is 0.515. The van der Waals surface area contributed by atoms with Crippen molar-refractivity contribution in [3.63, 3.8) is 0 Å². The molecule has 6 nitrogen and oxygen atoms in total. The van der Waals surface area contributed by atoms with Gasteiger partial charge in [-0.3, -0.25) is 4.79 Å². The number of rotatable bonds is 3. The lowest BCUT2D eigenvalue weighted by molar-refractivity contribution is -0.138. The molecule has 0 aliphatic carbocycles. The van der Waals surface area contributed by atoms with E-state index in [1.807, 2.05) is 0 Å². The zero-order valence-corrected chi connectivity index (χ0v) is 8.14. The molecule has 0 spiro atoms. The molecule has 0 heterocycles. The highest BCUT2D eigenvalue weighted by atomic mass is 19.1. The molecule has 0 unspecified atom stereocenters. The van der Waals surface area contributed by atoms with Gasteiger partial charge in [-0.15, -0.1) is 0 Å². The van der Waals surface area contributed by atoms with Crippen molar-refractivity contribution in [2.75, 3.05) is 0 Å². The number of aromatic hydroxyl groups is 2. The molecule has 0 fully saturated rings. The van der Waals surface area contributed by atoms with Crippen LogP contribution in [0, 0.1) is 5.82 Å². The van der Waals surface area contributed by atoms with E-state index in [4.69, 9.17) is 21.1 Å². The zero-order chi connectivity index (χ0) is 11.6. The number of hydrogen-bond donors (Lipinski definition) is 4. The summed E-state index contributed by atoms with van der Waals surface area (Å²) >= 11 is 0. The number of nitrogens with two attached hydrogens (primary N) is 1. The van der Waals surface area contributed by atoms with E-state index in [-0.39, 0.29) is 17.5 Å². The first-order valence-electron chi connectivity index (χ1n) is 4.10. The Hall–Kier alpha value is -1.86. The molecule has 1 atom stereocenters. The Bertz CT molecular complexity index is 396. The van der Waals surface area contributed by atoms with Gasteiger partial charge in [-0.05, 0) is 11.6 Å². The zero-order valence-electron chi connectivity index (χ0n) is 8.14. The lowest BCUT2D eigenvalue weighted by Crippen LogP contribution is -2.32. The van der Waals surface area contributed by atoms with E-state index in [1.54, 1.807) is 0 Å². The second-order valence-electron chi connectivity index (χ2n) is 3.08. The minimum absolute atomic E-state index is 0. The number of phenols is 2. The van der Waals surface area contributed by atoms with E-state index >= 15 is 0 Å². The summed E-state index contributed by atoms with van der Waals surface area (Å²) in [6, 6.07) is 0.413. The van der Waals surface area contributed by atoms with Gasteiger partial charge >= 0.3 is 5.97 Å². The van der Waals surface area contributed by atoms with Crippen molar-refractivity contribution in [3.8, 4) is 11.5 Å². The van der Waals surface area contributed by atoms with E-state index in [0.29, 0.717) is 6.07 Å². The molecule has 0 radical (unpaired) electrons. The number of carboxylic acids is 1. The number of aliphatic carboxylic acids is 1. The predicted octanol–water partition coefficient (Wildman–Crippen LogP) is -0.633. The number of halogens is 1. The molecule has 1 rings (SSSR count). The summed E-state index contributed by atoms with van der Waals surface area (Å²) in [5.74, 6) is -3.17. The molecule has 7 heteroatoms. The van der Waals surface area contributed by atoms with E-state index in [1.165, 1.54) is 0 Å². The highest BCUT2D eigenvalue weighted by Gasteiger charge is 2.16. The minimum atomic E-state index is -1.26. The molecule has 0 aromatic heterocycles. The van der Waals surface area contributed by atoms with Crippen molar-refractivity contribution < 1.29 is 30.0 Å². The van der Waals surface area contributed by atoms with Gasteiger partial charge in [-0.25, -0.2) is 4.39 Å². The van der Waals surface area contributed by atoms with Crippen LogP contribution in [0.1, 0.15) is 5.56 Å². The Labute approximate surface area is 90.1 Å². The van der Waals surface area contributed by atoms with E-state index in [9.17, 15) is 9.18 Å². The predicted molar refractivity (Wildman–Crippen MR) is 52.7 cm³/mol. The third kappa shape index (κ3) is 3.07. The minimum Gasteiger partial charge on any atom is -0.504 e. The van der Waals surface area contributed by atoms with E-state index in [0.717, 1.165) is 6.07 Å². The highest BCUT2D eigenvalue weighted by molar-refractivity contribution is 5.73. The molecule has 1 aromatic carbocycles. The number of hydrogen-bond acceptors (Lipinski definition) is 4. The molecule has 7 N–H and O–H groups in total. The fraction of sp³-hybridized carbons (Fsp3) is 0.222. The monoisotopic (exact) mass is 233 g/mol. The van der Waals surface area contributed by atoms with Crippen LogP contribution >= 0.6 is 0 Å². The number of carboxylic acid groups (broad SMARTS) is 1. The van der Waals surface area contributed by atoms with Crippen molar-refractivity contribution in [3.05, 3.63) is 23.5 Å². The van der Waals surface area contributed by atoms with Crippen LogP contribution in [0.3, 0.4) is 0 Å². The van der Waals surface area contributed by atoms with Crippen molar-refractivity contribution >= 4 is 5.97 Å². The van der Waals surface area contributed by atoms with Gasteiger partial charge < -0.3 is 26.5 Å². The standard InChI is InChI=1S/C9H10FNO4.H2O/c10-5-3-8(13)7(12)2-4(5)1-6(11)9(14)15;/h2-3,6,12-13H,1,11H2,(H,14,15);1H2/t6-;/m0./s1. The summed E-state index contributed by atoms with van der Waals surface area (Å²) in [5, 5.41) is 26.5. The van der Waals surface area contributed by atoms with Gasteiger partial charge in [0, 0.05) is 12.5 Å². The van der Waals surface area contributed by atoms with Gasteiger partial charge in [0.25, 0.3) is 0 Å². The van der Waals surface area contributed by atoms with Crippen LogP contribution in [0.15, 0.2) is 12.1 Å². The highest BCUT2D eigenvalue weighted by Crippen LogP contribution is 2.27. The second-order valence-corrected chi connectivity index (χ2v) is 3.08. The third-order valence-electron chi connectivity index (χ3n) is 1.90. The summed E-state index contributed by atoms with van der Waals surface area (Å²) in [6.07, 6.45) is -0.255. The molecule has 90 valence electrons. The second kappa shape index (κ2) is 5.29. The Kier molecular flexibility index (Phi) is 4.67. The maximum Gasteiger partial charge on any atom is 0.320 e. The molecule has 0 saturated heterocycles. The van der Waals surface area contributed by atoms with Crippen LogP contribution in [0.4, 0.5) is 4.39 Å². The first-order valence-corrected chi connectivity index (χ1v) is 4.10. The van der Waals surface area contributed by atoms with Crippen LogP contribution in [-0.2, 0) is 11.2 Å². The average molecular weight is 233 g/mol. The largest absolute Gasteiger partial charge is 0.504 e. The first-order chi connectivity index (χ1) is 6.91. The topological polar surface area (TPSA) is 135 Å². The van der Waals surface area contributed by atoms with Gasteiger partial charge in [0.05, 0.1) is 0 Å². The SMILES string of the molecule is N[C@@H](Cc1cc(O)c(O)cc1F)C(=O)O.O. The molecule has 0 amide bonds. The van der Waals surface area contributed by atoms with Gasteiger partial charge in [0.1, 0.15) is 11.9 Å². The summed E-state index contributed by atoms with van der Waals surface area (Å²) in [7, 11) is 0. The van der Waals surface area contributed by atoms with Gasteiger partial charge in [-0.1, -0.05) is 0 Å². The van der Waals surface area contributed by atoms with Crippen molar-refractivity contribution in [1.82, 2.24) is 0 Å². The fourth-order valence-corrected chi connectivity index (χ4v) is 1.08. The van der Waals surface area contributed by atoms with Gasteiger partial charge in [-0.2, -0.15) is 0 Å². The normalized spacial score (nSPS) is 11.6. The van der Waals surface area contributed by atoms with Gasteiger partial charge in [0.15, 0.2) is 11.5 Å². The number of phenolic OH excluding ortho intramolecular Hbond substituents is 2. The van der Waals surface area contributed by atoms with Crippen LogP contribution in [0.5, 0.6) is 11.5 Å². The molecular formula is C9H12FNO5. The van der Waals surface area contributed by atoms with E-state index < -0.39 is 29.3 Å². The molecule has 0 bridgehead atoms. The number of benzene rings is 1. The average Bonchev–Trinajstić information content (AvgIpc) is 2.13. The molecular weight excluding hydrogens is 221 g/mol. The van der Waals surface area contributed by atoms with E-state index in [2.05, 4.69) is 0 Å². The Morgan fingerprint density at radius 3 is 2.38 bits per heavy atom. The van der Waals surface area contributed by atoms with Crippen LogP contribution in [-0.4, -0.2) is 32.8 Å². The van der Waals surface area contributed by atoms with Crippen molar-refractivity contribution in [2.24, 2.45) is 5.73 Å². The molecule has 0 aliphatic rings. The van der Waals surface area contributed by atoms with Crippen molar-refractivity contribution in [1.29, 1.82) is 0 Å². The lowest BCUT2D eigenvalue weighted by Gasteiger charge is -2.08. The lowest BCUT2D eigenvalue weighted by atomic mass is 10.1. The Morgan fingerprint density at radius 1 is 1.38 bits per heavy atom. The molecule has 0 saturated carbocycles. The maximum absolute atomic E-state index is 13.1. The summed E-state index contributed by atoms with van der Waals surface area (Å²) in [6.45, 7) is 0. The molecule has 1 aromatic rings. The summed E-state index contributed by atoms with van der Waals surface area (Å²) in [5.41, 5.74) is 5.14. The van der Waals surface area contributed by atoms with Crippen molar-refractivity contribution in [2.45, 2.75) is 12.5 Å². The molecule has 16 heavy (non-hydrogen) atoms. The van der Waals surface area contributed by atoms with Crippen LogP contribution < -0.4 is 5.73 Å². The Morgan fingerprint density at radius 2 is 1.88 bits per heavy atom. The van der Waals surface area contributed by atoms with Crippen LogP contribution in [0.2, 0.25) is 0 Å². The summed E-state index contributed by atoms with van der Waals surface area (Å²) < 4.78 is 13.1. The summed E-state index contributed by atoms with van der Waals surface area (Å²) in [4.78, 5) is 10.4. The smallest absolute Gasteiger partial charge is 0.320 e. The van der Waals surface area contributed by atoms with Gasteiger partial charge in [0.2, 0.25) is 0 Å². The third-order valence-corrected chi connectivity index (χ3v) is 1.90. The number of carbonyl (C=O) groups is 1.